The maximum atomic E-state index is 13.3. The average molecular weight is 432 g/mol. The van der Waals surface area contributed by atoms with Gasteiger partial charge in [-0.05, 0) is 31.0 Å². The number of hydrogen-bond donors (Lipinski definition) is 2. The zero-order valence-electron chi connectivity index (χ0n) is 17.3. The molecule has 7 nitrogen and oxygen atoms in total. The van der Waals surface area contributed by atoms with E-state index in [0.717, 1.165) is 38.1 Å². The number of carbonyl (C=O) groups excluding carboxylic acids is 2. The second-order valence-electron chi connectivity index (χ2n) is 8.02. The maximum Gasteiger partial charge on any atom is 0.254 e. The number of benzene rings is 1. The van der Waals surface area contributed by atoms with Crippen molar-refractivity contribution in [1.82, 2.24) is 19.8 Å². The van der Waals surface area contributed by atoms with Gasteiger partial charge < -0.3 is 20.1 Å². The van der Waals surface area contributed by atoms with E-state index in [1.807, 2.05) is 40.9 Å². The molecule has 2 amide bonds. The number of amides is 2. The van der Waals surface area contributed by atoms with Gasteiger partial charge in [0, 0.05) is 56.2 Å². The van der Waals surface area contributed by atoms with Crippen LogP contribution in [0, 0.1) is 5.92 Å². The molecular weight excluding hydrogens is 402 g/mol. The Hall–Kier alpha value is -2.38. The third-order valence-corrected chi connectivity index (χ3v) is 6.01. The van der Waals surface area contributed by atoms with Crippen molar-refractivity contribution in [2.24, 2.45) is 13.0 Å². The van der Waals surface area contributed by atoms with Crippen LogP contribution in [-0.2, 0) is 11.8 Å². The summed E-state index contributed by atoms with van der Waals surface area (Å²) >= 11 is 0. The lowest BCUT2D eigenvalue weighted by Crippen LogP contribution is -2.49. The second-order valence-corrected chi connectivity index (χ2v) is 8.02. The lowest BCUT2D eigenvalue weighted by atomic mass is 9.88. The van der Waals surface area contributed by atoms with Crippen LogP contribution in [0.15, 0.2) is 36.7 Å². The van der Waals surface area contributed by atoms with Gasteiger partial charge in [0.1, 0.15) is 11.9 Å². The number of anilines is 1. The number of hydrogen-bond acceptors (Lipinski definition) is 4. The van der Waals surface area contributed by atoms with Gasteiger partial charge in [0.05, 0.1) is 0 Å². The highest BCUT2D eigenvalue weighted by Crippen LogP contribution is 2.26. The molecule has 1 saturated heterocycles. The van der Waals surface area contributed by atoms with E-state index < -0.39 is 0 Å². The summed E-state index contributed by atoms with van der Waals surface area (Å²) in [4.78, 5) is 32.2. The molecule has 1 aromatic heterocycles. The van der Waals surface area contributed by atoms with Crippen LogP contribution in [0.2, 0.25) is 0 Å². The normalized spacial score (nSPS) is 19.8. The standard InChI is InChI=1S/C22H29N5O2.ClH/c1-26-12-11-24-20(26)19-15-23-10-13-27(19)22(29)17-8-5-9-18(14-17)25-21(28)16-6-3-2-4-7-16;/h5,8-9,11-12,14,16,19,23H,2-4,6-7,10,13,15H2,1H3,(H,25,28);1H. The quantitative estimate of drug-likeness (QED) is 0.779. The van der Waals surface area contributed by atoms with E-state index >= 15 is 0 Å². The Labute approximate surface area is 183 Å². The molecule has 2 aliphatic rings. The van der Waals surface area contributed by atoms with Crippen molar-refractivity contribution in [1.29, 1.82) is 0 Å². The number of nitrogens with zero attached hydrogens (tertiary/aromatic N) is 3. The molecule has 4 rings (SSSR count). The molecule has 1 aliphatic carbocycles. The Morgan fingerprint density at radius 3 is 2.73 bits per heavy atom. The SMILES string of the molecule is Cl.Cn1ccnc1C1CNCCN1C(=O)c1cccc(NC(=O)C2CCCCC2)c1. The molecule has 1 unspecified atom stereocenters. The molecule has 2 heterocycles. The van der Waals surface area contributed by atoms with Crippen molar-refractivity contribution in [2.45, 2.75) is 38.1 Å². The van der Waals surface area contributed by atoms with E-state index in [1.165, 1.54) is 6.42 Å². The van der Waals surface area contributed by atoms with Crippen LogP contribution < -0.4 is 10.6 Å². The maximum absolute atomic E-state index is 13.3. The highest BCUT2D eigenvalue weighted by molar-refractivity contribution is 5.98. The van der Waals surface area contributed by atoms with Gasteiger partial charge >= 0.3 is 0 Å². The van der Waals surface area contributed by atoms with Gasteiger partial charge in [0.25, 0.3) is 5.91 Å². The molecule has 2 N–H and O–H groups in total. The molecule has 30 heavy (non-hydrogen) atoms. The van der Waals surface area contributed by atoms with Gasteiger partial charge in [0.2, 0.25) is 5.91 Å². The lowest BCUT2D eigenvalue weighted by Gasteiger charge is -2.35. The summed E-state index contributed by atoms with van der Waals surface area (Å²) < 4.78 is 1.96. The number of piperazine rings is 1. The van der Waals surface area contributed by atoms with Crippen LogP contribution in [-0.4, -0.2) is 45.9 Å². The zero-order valence-corrected chi connectivity index (χ0v) is 18.2. The largest absolute Gasteiger partial charge is 0.336 e. The highest BCUT2D eigenvalue weighted by Gasteiger charge is 2.31. The Morgan fingerprint density at radius 2 is 2.00 bits per heavy atom. The number of carbonyl (C=O) groups is 2. The minimum Gasteiger partial charge on any atom is -0.336 e. The van der Waals surface area contributed by atoms with Gasteiger partial charge in [-0.3, -0.25) is 9.59 Å². The van der Waals surface area contributed by atoms with E-state index in [0.29, 0.717) is 24.3 Å². The number of halogens is 1. The summed E-state index contributed by atoms with van der Waals surface area (Å²) in [5, 5.41) is 6.38. The van der Waals surface area contributed by atoms with Crippen LogP contribution >= 0.6 is 12.4 Å². The average Bonchev–Trinajstić information content (AvgIpc) is 3.19. The Bertz CT molecular complexity index is 878. The Morgan fingerprint density at radius 1 is 1.20 bits per heavy atom. The third kappa shape index (κ3) is 4.84. The summed E-state index contributed by atoms with van der Waals surface area (Å²) in [6.07, 6.45) is 9.02. The topological polar surface area (TPSA) is 79.3 Å². The molecule has 162 valence electrons. The van der Waals surface area contributed by atoms with Gasteiger partial charge in [-0.1, -0.05) is 25.3 Å². The molecule has 1 aromatic carbocycles. The van der Waals surface area contributed by atoms with Gasteiger partial charge in [-0.2, -0.15) is 0 Å². The molecule has 1 saturated carbocycles. The van der Waals surface area contributed by atoms with Crippen molar-refractivity contribution in [3.8, 4) is 0 Å². The van der Waals surface area contributed by atoms with Crippen molar-refractivity contribution in [2.75, 3.05) is 25.0 Å². The molecule has 2 fully saturated rings. The van der Waals surface area contributed by atoms with Crippen molar-refractivity contribution in [3.63, 3.8) is 0 Å². The molecule has 1 atom stereocenters. The minimum atomic E-state index is -0.114. The Balaban J connectivity index is 0.00000256. The number of nitrogens with one attached hydrogen (secondary N) is 2. The van der Waals surface area contributed by atoms with Crippen molar-refractivity contribution < 1.29 is 9.59 Å². The zero-order chi connectivity index (χ0) is 20.2. The molecule has 0 spiro atoms. The summed E-state index contributed by atoms with van der Waals surface area (Å²) in [5.41, 5.74) is 1.28. The van der Waals surface area contributed by atoms with Crippen LogP contribution in [0.1, 0.15) is 54.3 Å². The number of aromatic nitrogens is 2. The van der Waals surface area contributed by atoms with Crippen LogP contribution in [0.3, 0.4) is 0 Å². The van der Waals surface area contributed by atoms with Crippen LogP contribution in [0.25, 0.3) is 0 Å². The number of aryl methyl sites for hydroxylation is 1. The highest BCUT2D eigenvalue weighted by atomic mass is 35.5. The summed E-state index contributed by atoms with van der Waals surface area (Å²) in [7, 11) is 1.95. The van der Waals surface area contributed by atoms with Crippen LogP contribution in [0.5, 0.6) is 0 Å². The fourth-order valence-corrected chi connectivity index (χ4v) is 4.38. The fourth-order valence-electron chi connectivity index (χ4n) is 4.38. The van der Waals surface area contributed by atoms with Gasteiger partial charge in [-0.15, -0.1) is 12.4 Å². The lowest BCUT2D eigenvalue weighted by molar-refractivity contribution is -0.120. The smallest absolute Gasteiger partial charge is 0.254 e. The van der Waals surface area contributed by atoms with E-state index in [4.69, 9.17) is 0 Å². The number of rotatable bonds is 4. The first-order valence-electron chi connectivity index (χ1n) is 10.5. The molecule has 8 heteroatoms. The third-order valence-electron chi connectivity index (χ3n) is 6.01. The first-order chi connectivity index (χ1) is 14.1. The van der Waals surface area contributed by atoms with Gasteiger partial charge in [0.15, 0.2) is 0 Å². The number of imidazole rings is 1. The van der Waals surface area contributed by atoms with E-state index in [-0.39, 0.29) is 36.2 Å². The Kier molecular flexibility index (Phi) is 7.50. The van der Waals surface area contributed by atoms with Crippen LogP contribution in [0.4, 0.5) is 5.69 Å². The fraction of sp³-hybridized carbons (Fsp3) is 0.500. The summed E-state index contributed by atoms with van der Waals surface area (Å²) in [6.45, 7) is 2.05. The van der Waals surface area contributed by atoms with Crippen molar-refractivity contribution >= 4 is 29.9 Å². The van der Waals surface area contributed by atoms with E-state index in [1.54, 1.807) is 12.3 Å². The molecular formula is C22H30ClN5O2. The molecule has 0 radical (unpaired) electrons. The van der Waals surface area contributed by atoms with E-state index in [2.05, 4.69) is 15.6 Å². The first kappa shape index (κ1) is 22.3. The molecule has 1 aliphatic heterocycles. The monoisotopic (exact) mass is 431 g/mol. The second kappa shape index (κ2) is 10.1. The predicted molar refractivity (Wildman–Crippen MR) is 119 cm³/mol. The molecule has 0 bridgehead atoms. The first-order valence-corrected chi connectivity index (χ1v) is 10.5. The van der Waals surface area contributed by atoms with E-state index in [9.17, 15) is 9.59 Å². The summed E-state index contributed by atoms with van der Waals surface area (Å²) in [6, 6.07) is 7.18. The minimum absolute atomic E-state index is 0. The summed E-state index contributed by atoms with van der Waals surface area (Å²) in [5.74, 6) is 0.993. The predicted octanol–water partition coefficient (Wildman–Crippen LogP) is 3.15. The van der Waals surface area contributed by atoms with Gasteiger partial charge in [-0.25, -0.2) is 4.98 Å². The molecule has 2 aromatic rings. The van der Waals surface area contributed by atoms with Crippen molar-refractivity contribution in [3.05, 3.63) is 48.0 Å².